The molecule has 0 spiro atoms. The van der Waals surface area contributed by atoms with Crippen molar-refractivity contribution in [3.8, 4) is 0 Å². The normalized spacial score (nSPS) is 11.5. The van der Waals surface area contributed by atoms with E-state index >= 15 is 0 Å². The van der Waals surface area contributed by atoms with Crippen LogP contribution in [0.15, 0.2) is 53.1 Å². The number of aromatic nitrogens is 2. The summed E-state index contributed by atoms with van der Waals surface area (Å²) in [5.74, 6) is 0.991. The van der Waals surface area contributed by atoms with Crippen molar-refractivity contribution in [2.24, 2.45) is 0 Å². The van der Waals surface area contributed by atoms with Gasteiger partial charge in [-0.05, 0) is 42.9 Å². The molecule has 2 heterocycles. The van der Waals surface area contributed by atoms with Gasteiger partial charge in [0, 0.05) is 30.1 Å². The van der Waals surface area contributed by atoms with E-state index in [-0.39, 0.29) is 17.6 Å². The summed E-state index contributed by atoms with van der Waals surface area (Å²) in [6.07, 6.45) is 0.239. The van der Waals surface area contributed by atoms with Crippen molar-refractivity contribution in [1.82, 2.24) is 15.0 Å². The number of Topliss-reactive ketones (excluding diaryl/α,β-unsaturated/α-hetero) is 1. The Morgan fingerprint density at radius 2 is 1.71 bits per heavy atom. The number of pyridine rings is 1. The predicted molar refractivity (Wildman–Crippen MR) is 133 cm³/mol. The van der Waals surface area contributed by atoms with E-state index in [1.807, 2.05) is 45.0 Å². The lowest BCUT2D eigenvalue weighted by molar-refractivity contribution is 0.0987. The minimum absolute atomic E-state index is 0.0412. The summed E-state index contributed by atoms with van der Waals surface area (Å²) in [5.41, 5.74) is 2.61. The van der Waals surface area contributed by atoms with Gasteiger partial charge in [0.05, 0.1) is 5.69 Å². The first-order valence-corrected chi connectivity index (χ1v) is 11.5. The van der Waals surface area contributed by atoms with Crippen molar-refractivity contribution in [3.63, 3.8) is 0 Å². The highest BCUT2D eigenvalue weighted by Crippen LogP contribution is 2.24. The number of nitrogens with one attached hydrogen (secondary N) is 2. The molecule has 180 valence electrons. The Kier molecular flexibility index (Phi) is 8.17. The molecule has 8 nitrogen and oxygen atoms in total. The van der Waals surface area contributed by atoms with Gasteiger partial charge >= 0.3 is 6.03 Å². The van der Waals surface area contributed by atoms with Crippen molar-refractivity contribution in [1.29, 1.82) is 0 Å². The molecule has 0 unspecified atom stereocenters. The molecule has 0 saturated carbocycles. The van der Waals surface area contributed by atoms with Crippen LogP contribution in [0.4, 0.5) is 16.3 Å². The van der Waals surface area contributed by atoms with E-state index in [2.05, 4.69) is 39.5 Å². The van der Waals surface area contributed by atoms with E-state index in [9.17, 15) is 9.59 Å². The second-order valence-corrected chi connectivity index (χ2v) is 9.18. The maximum atomic E-state index is 12.8. The number of nitrogens with zero attached hydrogens (tertiary/aromatic N) is 3. The molecule has 0 bridgehead atoms. The molecule has 0 saturated heterocycles. The molecule has 2 aromatic heterocycles. The average Bonchev–Trinajstić information content (AvgIpc) is 3.28. The van der Waals surface area contributed by atoms with Crippen LogP contribution in [0.1, 0.15) is 62.1 Å². The fourth-order valence-corrected chi connectivity index (χ4v) is 3.35. The molecule has 3 aromatic rings. The first-order chi connectivity index (χ1) is 16.2. The highest BCUT2D eigenvalue weighted by atomic mass is 16.5. The second-order valence-electron chi connectivity index (χ2n) is 9.18. The van der Waals surface area contributed by atoms with Gasteiger partial charge in [0.1, 0.15) is 11.5 Å². The van der Waals surface area contributed by atoms with Gasteiger partial charge in [0.2, 0.25) is 0 Å². The second kappa shape index (κ2) is 11.1. The molecule has 0 aliphatic heterocycles. The number of urea groups is 1. The summed E-state index contributed by atoms with van der Waals surface area (Å²) in [7, 11) is 0. The van der Waals surface area contributed by atoms with Crippen molar-refractivity contribution < 1.29 is 14.1 Å². The van der Waals surface area contributed by atoms with E-state index in [0.29, 0.717) is 23.0 Å². The van der Waals surface area contributed by atoms with Crippen molar-refractivity contribution in [2.45, 2.75) is 53.0 Å². The molecular formula is C26H33N5O3. The van der Waals surface area contributed by atoms with Gasteiger partial charge < -0.3 is 9.84 Å². The van der Waals surface area contributed by atoms with Crippen LogP contribution in [-0.2, 0) is 18.4 Å². The highest BCUT2D eigenvalue weighted by molar-refractivity contribution is 5.99. The third-order valence-corrected chi connectivity index (χ3v) is 5.44. The van der Waals surface area contributed by atoms with E-state index in [1.165, 1.54) is 0 Å². The minimum atomic E-state index is -0.424. The van der Waals surface area contributed by atoms with Crippen molar-refractivity contribution >= 4 is 23.3 Å². The Hall–Kier alpha value is -3.52. The van der Waals surface area contributed by atoms with Gasteiger partial charge in [0.25, 0.3) is 0 Å². The Morgan fingerprint density at radius 1 is 1.00 bits per heavy atom. The summed E-state index contributed by atoms with van der Waals surface area (Å²) in [6, 6.07) is 14.0. The summed E-state index contributed by atoms with van der Waals surface area (Å²) >= 11 is 0. The van der Waals surface area contributed by atoms with Crippen LogP contribution in [0, 0.1) is 0 Å². The number of hydrogen-bond acceptors (Lipinski definition) is 6. The van der Waals surface area contributed by atoms with Gasteiger partial charge in [-0.25, -0.2) is 9.78 Å². The summed E-state index contributed by atoms with van der Waals surface area (Å²) in [6.45, 7) is 12.8. The lowest BCUT2D eigenvalue weighted by Gasteiger charge is -2.17. The van der Waals surface area contributed by atoms with Gasteiger partial charge in [-0.3, -0.25) is 15.0 Å². The molecule has 0 aliphatic carbocycles. The lowest BCUT2D eigenvalue weighted by atomic mass is 9.93. The average molecular weight is 464 g/mol. The lowest BCUT2D eigenvalue weighted by Crippen LogP contribution is -2.23. The van der Waals surface area contributed by atoms with Crippen LogP contribution < -0.4 is 10.6 Å². The van der Waals surface area contributed by atoms with Crippen LogP contribution in [-0.4, -0.2) is 39.9 Å². The standard InChI is InChI=1S/C26H33N5O3/c1-6-31(7-2)17-20-9-8-10-21(27-20)22(32)15-18-11-13-19(14-12-18)28-25(33)29-24-16-23(34-30-24)26(3,4)5/h8-14,16H,6-7,15,17H2,1-5H3,(H2,28,29,30,33). The Morgan fingerprint density at radius 3 is 2.32 bits per heavy atom. The number of carbonyl (C=O) groups excluding carboxylic acids is 2. The molecule has 34 heavy (non-hydrogen) atoms. The maximum Gasteiger partial charge on any atom is 0.324 e. The fraction of sp³-hybridized carbons (Fsp3) is 0.385. The number of rotatable bonds is 9. The molecule has 0 atom stereocenters. The Labute approximate surface area is 200 Å². The summed E-state index contributed by atoms with van der Waals surface area (Å²) in [5, 5.41) is 9.29. The quantitative estimate of drug-likeness (QED) is 0.419. The first-order valence-electron chi connectivity index (χ1n) is 11.5. The van der Waals surface area contributed by atoms with Crippen LogP contribution >= 0.6 is 0 Å². The number of benzene rings is 1. The first kappa shape index (κ1) is 25.1. The molecule has 3 rings (SSSR count). The molecule has 2 amide bonds. The zero-order valence-corrected chi connectivity index (χ0v) is 20.5. The number of amides is 2. The van der Waals surface area contributed by atoms with Gasteiger partial charge in [-0.2, -0.15) is 0 Å². The third-order valence-electron chi connectivity index (χ3n) is 5.44. The van der Waals surface area contributed by atoms with Gasteiger partial charge in [-0.1, -0.05) is 58.0 Å². The van der Waals surface area contributed by atoms with Crippen molar-refractivity contribution in [3.05, 3.63) is 71.2 Å². The smallest absolute Gasteiger partial charge is 0.324 e. The summed E-state index contributed by atoms with van der Waals surface area (Å²) in [4.78, 5) is 31.8. The molecule has 1 aromatic carbocycles. The third kappa shape index (κ3) is 6.99. The summed E-state index contributed by atoms with van der Waals surface area (Å²) < 4.78 is 5.27. The Bertz CT molecular complexity index is 1110. The van der Waals surface area contributed by atoms with Crippen LogP contribution in [0.2, 0.25) is 0 Å². The number of hydrogen-bond donors (Lipinski definition) is 2. The van der Waals surface area contributed by atoms with E-state index in [4.69, 9.17) is 4.52 Å². The predicted octanol–water partition coefficient (Wildman–Crippen LogP) is 5.28. The fourth-order valence-electron chi connectivity index (χ4n) is 3.35. The molecular weight excluding hydrogens is 430 g/mol. The van der Waals surface area contributed by atoms with E-state index in [1.54, 1.807) is 24.3 Å². The van der Waals surface area contributed by atoms with Crippen LogP contribution in [0.5, 0.6) is 0 Å². The maximum absolute atomic E-state index is 12.8. The number of anilines is 2. The monoisotopic (exact) mass is 463 g/mol. The van der Waals surface area contributed by atoms with Crippen LogP contribution in [0.3, 0.4) is 0 Å². The molecule has 0 aliphatic rings. The zero-order chi connectivity index (χ0) is 24.7. The molecule has 8 heteroatoms. The van der Waals surface area contributed by atoms with E-state index in [0.717, 1.165) is 30.9 Å². The highest BCUT2D eigenvalue weighted by Gasteiger charge is 2.20. The number of carbonyl (C=O) groups is 2. The number of ketones is 1. The van der Waals surface area contributed by atoms with E-state index < -0.39 is 6.03 Å². The van der Waals surface area contributed by atoms with Crippen LogP contribution in [0.25, 0.3) is 0 Å². The zero-order valence-electron chi connectivity index (χ0n) is 20.5. The Balaban J connectivity index is 1.56. The van der Waals surface area contributed by atoms with Crippen molar-refractivity contribution in [2.75, 3.05) is 23.7 Å². The SMILES string of the molecule is CCN(CC)Cc1cccc(C(=O)Cc2ccc(NC(=O)Nc3cc(C(C)(C)C)on3)cc2)n1. The molecule has 0 fully saturated rings. The van der Waals surface area contributed by atoms with Gasteiger partial charge in [0.15, 0.2) is 11.6 Å². The van der Waals surface area contributed by atoms with Gasteiger partial charge in [-0.15, -0.1) is 0 Å². The molecule has 0 radical (unpaired) electrons. The minimum Gasteiger partial charge on any atom is -0.359 e. The topological polar surface area (TPSA) is 100 Å². The molecule has 2 N–H and O–H groups in total. The largest absolute Gasteiger partial charge is 0.359 e.